The van der Waals surface area contributed by atoms with Crippen LogP contribution in [-0.2, 0) is 17.8 Å². The summed E-state index contributed by atoms with van der Waals surface area (Å²) in [5.74, 6) is 2.02. The van der Waals surface area contributed by atoms with Crippen molar-refractivity contribution in [2.75, 3.05) is 11.9 Å². The second-order valence-corrected chi connectivity index (χ2v) is 7.71. The van der Waals surface area contributed by atoms with Crippen LogP contribution in [0, 0.1) is 0 Å². The summed E-state index contributed by atoms with van der Waals surface area (Å²) in [6.07, 6.45) is 1.58. The highest BCUT2D eigenvalue weighted by molar-refractivity contribution is 7.17. The molecule has 30 heavy (non-hydrogen) atoms. The van der Waals surface area contributed by atoms with Crippen molar-refractivity contribution in [2.45, 2.75) is 39.7 Å². The number of benzene rings is 1. The molecule has 0 saturated heterocycles. The highest BCUT2D eigenvalue weighted by atomic mass is 32.1. The summed E-state index contributed by atoms with van der Waals surface area (Å²) in [6.45, 7) is 4.98. The van der Waals surface area contributed by atoms with E-state index >= 15 is 0 Å². The Labute approximate surface area is 177 Å². The minimum absolute atomic E-state index is 0.0383. The Morgan fingerprint density at radius 2 is 1.97 bits per heavy atom. The molecule has 156 valence electrons. The van der Waals surface area contributed by atoms with Crippen LogP contribution >= 0.6 is 11.3 Å². The Kier molecular flexibility index (Phi) is 5.80. The van der Waals surface area contributed by atoms with Gasteiger partial charge in [0.05, 0.1) is 12.1 Å². The van der Waals surface area contributed by atoms with Crippen LogP contribution in [-0.4, -0.2) is 31.7 Å². The lowest BCUT2D eigenvalue weighted by molar-refractivity contribution is -0.116. The Morgan fingerprint density at radius 1 is 1.17 bits per heavy atom. The molecule has 4 aromatic rings. The third-order valence-electron chi connectivity index (χ3n) is 4.85. The number of thiophene rings is 1. The highest BCUT2D eigenvalue weighted by Crippen LogP contribution is 2.21. The number of aromatic nitrogens is 4. The number of fused-ring (bicyclic) bond motifs is 3. The number of hydrogen-bond acceptors (Lipinski definition) is 6. The van der Waals surface area contributed by atoms with Crippen molar-refractivity contribution in [1.29, 1.82) is 0 Å². The Bertz CT molecular complexity index is 1240. The van der Waals surface area contributed by atoms with Gasteiger partial charge in [0.25, 0.3) is 5.56 Å². The number of rotatable bonds is 8. The van der Waals surface area contributed by atoms with Gasteiger partial charge in [-0.25, -0.2) is 0 Å². The van der Waals surface area contributed by atoms with E-state index in [0.29, 0.717) is 42.9 Å². The first-order valence-corrected chi connectivity index (χ1v) is 10.9. The first kappa shape index (κ1) is 20.1. The maximum Gasteiger partial charge on any atom is 0.272 e. The topological polar surface area (TPSA) is 90.5 Å². The SMILES string of the molecule is CCOc1ccc(NC(=O)CCCc2nnc3n(CC)c(=O)c4sccc4n23)cc1. The largest absolute Gasteiger partial charge is 0.494 e. The molecule has 0 bridgehead atoms. The van der Waals surface area contributed by atoms with Crippen LogP contribution in [0.1, 0.15) is 32.5 Å². The number of nitrogens with one attached hydrogen (secondary N) is 1. The van der Waals surface area contributed by atoms with Crippen molar-refractivity contribution >= 4 is 38.9 Å². The van der Waals surface area contributed by atoms with Gasteiger partial charge in [-0.2, -0.15) is 0 Å². The monoisotopic (exact) mass is 425 g/mol. The van der Waals surface area contributed by atoms with Crippen molar-refractivity contribution in [2.24, 2.45) is 0 Å². The first-order valence-electron chi connectivity index (χ1n) is 9.99. The zero-order chi connectivity index (χ0) is 21.1. The first-order chi connectivity index (χ1) is 14.6. The molecule has 4 rings (SSSR count). The van der Waals surface area contributed by atoms with Crippen LogP contribution in [0.25, 0.3) is 16.0 Å². The van der Waals surface area contributed by atoms with E-state index in [-0.39, 0.29) is 11.5 Å². The van der Waals surface area contributed by atoms with Crippen LogP contribution in [0.3, 0.4) is 0 Å². The Hall–Kier alpha value is -3.20. The lowest BCUT2D eigenvalue weighted by Gasteiger charge is -2.08. The molecule has 3 aromatic heterocycles. The molecule has 0 saturated carbocycles. The van der Waals surface area contributed by atoms with Crippen LogP contribution in [0.5, 0.6) is 5.75 Å². The van der Waals surface area contributed by atoms with Crippen molar-refractivity contribution < 1.29 is 9.53 Å². The van der Waals surface area contributed by atoms with E-state index in [1.54, 1.807) is 4.57 Å². The van der Waals surface area contributed by atoms with Crippen LogP contribution in [0.2, 0.25) is 0 Å². The van der Waals surface area contributed by atoms with E-state index in [9.17, 15) is 9.59 Å². The second kappa shape index (κ2) is 8.66. The Balaban J connectivity index is 1.45. The van der Waals surface area contributed by atoms with Gasteiger partial charge in [-0.3, -0.25) is 18.6 Å². The van der Waals surface area contributed by atoms with Crippen molar-refractivity contribution in [1.82, 2.24) is 19.2 Å². The summed E-state index contributed by atoms with van der Waals surface area (Å²) in [7, 11) is 0. The average molecular weight is 426 g/mol. The zero-order valence-corrected chi connectivity index (χ0v) is 17.7. The second-order valence-electron chi connectivity index (χ2n) is 6.80. The summed E-state index contributed by atoms with van der Waals surface area (Å²) in [4.78, 5) is 24.9. The molecule has 8 nitrogen and oxygen atoms in total. The summed E-state index contributed by atoms with van der Waals surface area (Å²) in [5, 5.41) is 13.3. The standard InChI is InChI=1S/C21H23N5O3S/c1-3-25-20(28)19-16(12-13-30-19)26-17(23-24-21(25)26)6-5-7-18(27)22-14-8-10-15(11-9-14)29-4-2/h8-13H,3-7H2,1-2H3,(H,22,27). The van der Waals surface area contributed by atoms with E-state index in [0.717, 1.165) is 22.8 Å². The van der Waals surface area contributed by atoms with Crippen molar-refractivity contribution in [3.63, 3.8) is 0 Å². The van der Waals surface area contributed by atoms with E-state index < -0.39 is 0 Å². The number of aryl methyl sites for hydroxylation is 2. The zero-order valence-electron chi connectivity index (χ0n) is 16.9. The molecule has 1 aromatic carbocycles. The fourth-order valence-electron chi connectivity index (χ4n) is 3.46. The molecular weight excluding hydrogens is 402 g/mol. The number of ether oxygens (including phenoxy) is 1. The number of hydrogen-bond donors (Lipinski definition) is 1. The van der Waals surface area contributed by atoms with Gasteiger partial charge in [-0.15, -0.1) is 21.5 Å². The summed E-state index contributed by atoms with van der Waals surface area (Å²) in [5.41, 5.74) is 1.52. The van der Waals surface area contributed by atoms with Gasteiger partial charge in [0.15, 0.2) is 0 Å². The summed E-state index contributed by atoms with van der Waals surface area (Å²) < 4.78 is 9.66. The molecule has 0 fully saturated rings. The van der Waals surface area contributed by atoms with E-state index in [1.807, 2.05) is 54.0 Å². The van der Waals surface area contributed by atoms with Crippen molar-refractivity contribution in [3.8, 4) is 5.75 Å². The van der Waals surface area contributed by atoms with Gasteiger partial charge in [0.1, 0.15) is 16.3 Å². The number of nitrogens with zero attached hydrogens (tertiary/aromatic N) is 4. The molecule has 3 heterocycles. The van der Waals surface area contributed by atoms with Crippen LogP contribution in [0.4, 0.5) is 5.69 Å². The quantitative estimate of drug-likeness (QED) is 0.467. The van der Waals surface area contributed by atoms with Gasteiger partial charge < -0.3 is 10.1 Å². The van der Waals surface area contributed by atoms with E-state index in [4.69, 9.17) is 4.74 Å². The molecule has 0 spiro atoms. The van der Waals surface area contributed by atoms with Crippen molar-refractivity contribution in [3.05, 3.63) is 51.9 Å². The highest BCUT2D eigenvalue weighted by Gasteiger charge is 2.16. The summed E-state index contributed by atoms with van der Waals surface area (Å²) in [6, 6.07) is 9.24. The molecule has 9 heteroatoms. The smallest absolute Gasteiger partial charge is 0.272 e. The van der Waals surface area contributed by atoms with Gasteiger partial charge in [0.2, 0.25) is 11.7 Å². The number of carbonyl (C=O) groups is 1. The van der Waals surface area contributed by atoms with Crippen LogP contribution in [0.15, 0.2) is 40.5 Å². The normalized spacial score (nSPS) is 11.3. The molecule has 0 aliphatic carbocycles. The number of carbonyl (C=O) groups excluding carboxylic acids is 1. The minimum atomic E-state index is -0.0564. The fraction of sp³-hybridized carbons (Fsp3) is 0.333. The average Bonchev–Trinajstić information content (AvgIpc) is 3.37. The maximum absolute atomic E-state index is 12.6. The molecule has 0 unspecified atom stereocenters. The molecular formula is C21H23N5O3S. The third-order valence-corrected chi connectivity index (χ3v) is 5.74. The molecule has 0 aliphatic heterocycles. The Morgan fingerprint density at radius 3 is 2.70 bits per heavy atom. The van der Waals surface area contributed by atoms with E-state index in [2.05, 4.69) is 15.5 Å². The fourth-order valence-corrected chi connectivity index (χ4v) is 4.28. The van der Waals surface area contributed by atoms with E-state index in [1.165, 1.54) is 11.3 Å². The lowest BCUT2D eigenvalue weighted by atomic mass is 10.2. The lowest BCUT2D eigenvalue weighted by Crippen LogP contribution is -2.21. The number of amides is 1. The van der Waals surface area contributed by atoms with Gasteiger partial charge in [-0.1, -0.05) is 0 Å². The number of anilines is 1. The molecule has 0 radical (unpaired) electrons. The minimum Gasteiger partial charge on any atom is -0.494 e. The maximum atomic E-state index is 12.6. The molecule has 1 N–H and O–H groups in total. The summed E-state index contributed by atoms with van der Waals surface area (Å²) >= 11 is 1.42. The third kappa shape index (κ3) is 3.80. The molecule has 1 amide bonds. The van der Waals surface area contributed by atoms with Gasteiger partial charge in [-0.05, 0) is 56.0 Å². The predicted octanol–water partition coefficient (Wildman–Crippen LogP) is 3.49. The van der Waals surface area contributed by atoms with Gasteiger partial charge >= 0.3 is 0 Å². The predicted molar refractivity (Wildman–Crippen MR) is 117 cm³/mol. The van der Waals surface area contributed by atoms with Gasteiger partial charge in [0, 0.05) is 25.1 Å². The molecule has 0 aliphatic rings. The molecule has 0 atom stereocenters. The van der Waals surface area contributed by atoms with Crippen LogP contribution < -0.4 is 15.6 Å².